The monoisotopic (exact) mass is 317 g/mol. The lowest BCUT2D eigenvalue weighted by atomic mass is 10.1. The minimum Gasteiger partial charge on any atom is -0.444 e. The molecule has 1 amide bonds. The van der Waals surface area contributed by atoms with Crippen LogP contribution in [0, 0.1) is 0 Å². The van der Waals surface area contributed by atoms with Gasteiger partial charge < -0.3 is 26.0 Å². The van der Waals surface area contributed by atoms with E-state index in [2.05, 4.69) is 10.3 Å². The Morgan fingerprint density at radius 3 is 2.67 bits per heavy atom. The van der Waals surface area contributed by atoms with Gasteiger partial charge in [0.25, 0.3) is 0 Å². The number of nitrogens with one attached hydrogen (secondary N) is 1. The highest BCUT2D eigenvalue weighted by molar-refractivity contribution is 6.30. The Morgan fingerprint density at radius 1 is 1.52 bits per heavy atom. The van der Waals surface area contributed by atoms with Gasteiger partial charge in [-0.05, 0) is 26.8 Å². The minimum atomic E-state index is -1.35. The summed E-state index contributed by atoms with van der Waals surface area (Å²) >= 11 is 5.71. The summed E-state index contributed by atoms with van der Waals surface area (Å²) in [5, 5.41) is 22.5. The van der Waals surface area contributed by atoms with Crippen LogP contribution in [0.15, 0.2) is 12.3 Å². The van der Waals surface area contributed by atoms with Gasteiger partial charge in [0, 0.05) is 12.7 Å². The second-order valence-corrected chi connectivity index (χ2v) is 5.96. The van der Waals surface area contributed by atoms with Crippen molar-refractivity contribution >= 4 is 23.4 Å². The fraction of sp³-hybridized carbons (Fsp3) is 0.538. The number of anilines is 1. The standard InChI is InChI=1S/C13H20ClN3O4/c1-13(2,3)21-12(20)17-6-9(18)11(19)10-8(15)4-7(14)5-16-10/h4-5,9,11,18-19H,6,15H2,1-3H3,(H,17,20). The first kappa shape index (κ1) is 17.5. The summed E-state index contributed by atoms with van der Waals surface area (Å²) in [5.74, 6) is 0. The van der Waals surface area contributed by atoms with E-state index >= 15 is 0 Å². The molecule has 2 unspecified atom stereocenters. The van der Waals surface area contributed by atoms with Gasteiger partial charge in [-0.15, -0.1) is 0 Å². The summed E-state index contributed by atoms with van der Waals surface area (Å²) in [6, 6.07) is 1.42. The summed E-state index contributed by atoms with van der Waals surface area (Å²) < 4.78 is 5.01. The highest BCUT2D eigenvalue weighted by Crippen LogP contribution is 2.23. The molecule has 21 heavy (non-hydrogen) atoms. The van der Waals surface area contributed by atoms with E-state index in [0.29, 0.717) is 5.02 Å². The number of carbonyl (C=O) groups excluding carboxylic acids is 1. The summed E-state index contributed by atoms with van der Waals surface area (Å²) in [7, 11) is 0. The van der Waals surface area contributed by atoms with E-state index in [1.807, 2.05) is 0 Å². The van der Waals surface area contributed by atoms with Crippen molar-refractivity contribution in [3.8, 4) is 0 Å². The highest BCUT2D eigenvalue weighted by atomic mass is 35.5. The van der Waals surface area contributed by atoms with Crippen molar-refractivity contribution in [2.24, 2.45) is 0 Å². The van der Waals surface area contributed by atoms with E-state index in [9.17, 15) is 15.0 Å². The number of alkyl carbamates (subject to hydrolysis) is 1. The molecule has 0 aliphatic carbocycles. The molecule has 1 aromatic rings. The molecule has 7 nitrogen and oxygen atoms in total. The molecular formula is C13H20ClN3O4. The number of amides is 1. The summed E-state index contributed by atoms with van der Waals surface area (Å²) in [4.78, 5) is 15.3. The van der Waals surface area contributed by atoms with Crippen LogP contribution in [-0.4, -0.2) is 39.5 Å². The van der Waals surface area contributed by atoms with E-state index in [4.69, 9.17) is 22.1 Å². The minimum absolute atomic E-state index is 0.0953. The van der Waals surface area contributed by atoms with Gasteiger partial charge in [0.2, 0.25) is 0 Å². The molecule has 0 spiro atoms. The number of ether oxygens (including phenoxy) is 1. The van der Waals surface area contributed by atoms with Crippen molar-refractivity contribution in [2.75, 3.05) is 12.3 Å². The van der Waals surface area contributed by atoms with Crippen LogP contribution in [-0.2, 0) is 4.74 Å². The molecular weight excluding hydrogens is 298 g/mol. The third-order valence-corrected chi connectivity index (χ3v) is 2.62. The smallest absolute Gasteiger partial charge is 0.407 e. The maximum Gasteiger partial charge on any atom is 0.407 e. The summed E-state index contributed by atoms with van der Waals surface area (Å²) in [5.41, 5.74) is 5.28. The number of hydrogen-bond donors (Lipinski definition) is 4. The number of aromatic nitrogens is 1. The Kier molecular flexibility index (Phi) is 5.77. The lowest BCUT2D eigenvalue weighted by molar-refractivity contribution is 0.0113. The number of aliphatic hydroxyl groups is 2. The highest BCUT2D eigenvalue weighted by Gasteiger charge is 2.24. The lowest BCUT2D eigenvalue weighted by Crippen LogP contribution is -2.39. The Hall–Kier alpha value is -1.57. The first-order chi connectivity index (χ1) is 9.60. The predicted molar refractivity (Wildman–Crippen MR) is 78.9 cm³/mol. The quantitative estimate of drug-likeness (QED) is 0.663. The molecule has 0 aliphatic rings. The number of hydrogen-bond acceptors (Lipinski definition) is 6. The van der Waals surface area contributed by atoms with Gasteiger partial charge >= 0.3 is 6.09 Å². The van der Waals surface area contributed by atoms with Gasteiger partial charge in [0.05, 0.1) is 16.4 Å². The van der Waals surface area contributed by atoms with Crippen LogP contribution in [0.25, 0.3) is 0 Å². The van der Waals surface area contributed by atoms with Gasteiger partial charge in [0.15, 0.2) is 0 Å². The second-order valence-electron chi connectivity index (χ2n) is 5.52. The van der Waals surface area contributed by atoms with E-state index in [0.717, 1.165) is 0 Å². The second kappa shape index (κ2) is 6.93. The van der Waals surface area contributed by atoms with E-state index in [1.54, 1.807) is 20.8 Å². The van der Waals surface area contributed by atoms with Crippen LogP contribution in [0.5, 0.6) is 0 Å². The van der Waals surface area contributed by atoms with Crippen LogP contribution >= 0.6 is 11.6 Å². The zero-order valence-electron chi connectivity index (χ0n) is 12.1. The Labute approximate surface area is 128 Å². The van der Waals surface area contributed by atoms with Crippen LogP contribution in [0.3, 0.4) is 0 Å². The molecule has 0 saturated carbocycles. The van der Waals surface area contributed by atoms with Crippen molar-refractivity contribution in [3.63, 3.8) is 0 Å². The molecule has 118 valence electrons. The topological polar surface area (TPSA) is 118 Å². The van der Waals surface area contributed by atoms with Crippen molar-refractivity contribution in [3.05, 3.63) is 23.0 Å². The molecule has 0 aromatic carbocycles. The number of pyridine rings is 1. The Morgan fingerprint density at radius 2 is 2.14 bits per heavy atom. The fourth-order valence-corrected chi connectivity index (χ4v) is 1.67. The van der Waals surface area contributed by atoms with Gasteiger partial charge in [-0.3, -0.25) is 4.98 Å². The molecule has 0 fully saturated rings. The van der Waals surface area contributed by atoms with Crippen LogP contribution in [0.2, 0.25) is 5.02 Å². The fourth-order valence-electron chi connectivity index (χ4n) is 1.51. The number of nitrogens with two attached hydrogens (primary N) is 1. The van der Waals surface area contributed by atoms with Gasteiger partial charge in [-0.1, -0.05) is 11.6 Å². The SMILES string of the molecule is CC(C)(C)OC(=O)NCC(O)C(O)c1ncc(Cl)cc1N. The molecule has 0 aliphatic heterocycles. The number of halogens is 1. The largest absolute Gasteiger partial charge is 0.444 e. The van der Waals surface area contributed by atoms with Crippen LogP contribution in [0.1, 0.15) is 32.6 Å². The first-order valence-corrected chi connectivity index (χ1v) is 6.72. The average molecular weight is 318 g/mol. The molecule has 5 N–H and O–H groups in total. The maximum atomic E-state index is 11.4. The zero-order valence-corrected chi connectivity index (χ0v) is 12.9. The maximum absolute atomic E-state index is 11.4. The van der Waals surface area contributed by atoms with Crippen molar-refractivity contribution in [1.82, 2.24) is 10.3 Å². The number of carbonyl (C=O) groups is 1. The van der Waals surface area contributed by atoms with Gasteiger partial charge in [-0.2, -0.15) is 0 Å². The van der Waals surface area contributed by atoms with Crippen molar-refractivity contribution < 1.29 is 19.7 Å². The predicted octanol–water partition coefficient (Wildman–Crippen LogP) is 1.24. The van der Waals surface area contributed by atoms with Gasteiger partial charge in [0.1, 0.15) is 17.8 Å². The average Bonchev–Trinajstić information content (AvgIpc) is 2.33. The third-order valence-electron chi connectivity index (χ3n) is 2.42. The molecule has 1 heterocycles. The number of nitrogen functional groups attached to an aromatic ring is 1. The number of rotatable bonds is 4. The normalized spacial score (nSPS) is 14.4. The van der Waals surface area contributed by atoms with E-state index in [-0.39, 0.29) is 17.9 Å². The van der Waals surface area contributed by atoms with Crippen molar-refractivity contribution in [1.29, 1.82) is 0 Å². The number of nitrogens with zero attached hydrogens (tertiary/aromatic N) is 1. The molecule has 0 saturated heterocycles. The molecule has 2 atom stereocenters. The Bertz CT molecular complexity index is 505. The molecule has 8 heteroatoms. The first-order valence-electron chi connectivity index (χ1n) is 6.34. The van der Waals surface area contributed by atoms with E-state index < -0.39 is 23.9 Å². The van der Waals surface area contributed by atoms with Gasteiger partial charge in [-0.25, -0.2) is 4.79 Å². The molecule has 1 aromatic heterocycles. The summed E-state index contributed by atoms with van der Waals surface area (Å²) in [6.07, 6.45) is -2.01. The van der Waals surface area contributed by atoms with Crippen LogP contribution in [0.4, 0.5) is 10.5 Å². The Balaban J connectivity index is 2.59. The van der Waals surface area contributed by atoms with Crippen molar-refractivity contribution in [2.45, 2.75) is 38.6 Å². The zero-order chi connectivity index (χ0) is 16.2. The molecule has 0 radical (unpaired) electrons. The summed E-state index contributed by atoms with van der Waals surface area (Å²) in [6.45, 7) is 4.95. The molecule has 1 rings (SSSR count). The molecule has 0 bridgehead atoms. The van der Waals surface area contributed by atoms with E-state index in [1.165, 1.54) is 12.3 Å². The lowest BCUT2D eigenvalue weighted by Gasteiger charge is -2.22. The number of aliphatic hydroxyl groups excluding tert-OH is 2. The van der Waals surface area contributed by atoms with Crippen LogP contribution < -0.4 is 11.1 Å². The third kappa shape index (κ3) is 5.74.